The van der Waals surface area contributed by atoms with E-state index in [1.807, 2.05) is 4.90 Å². The maximum Gasteiger partial charge on any atom is 0.167 e. The van der Waals surface area contributed by atoms with Crippen LogP contribution in [0.25, 0.3) is 0 Å². The molecule has 1 aromatic heterocycles. The van der Waals surface area contributed by atoms with Crippen molar-refractivity contribution in [2.45, 2.75) is 12.8 Å². The highest BCUT2D eigenvalue weighted by molar-refractivity contribution is 5.99. The number of methoxy groups -OCH3 is 2. The monoisotopic (exact) mass is 351 g/mol. The Morgan fingerprint density at radius 2 is 2.08 bits per heavy atom. The van der Waals surface area contributed by atoms with Gasteiger partial charge < -0.3 is 14.4 Å². The van der Waals surface area contributed by atoms with Crippen molar-refractivity contribution in [2.24, 2.45) is 5.92 Å². The second-order valence-corrected chi connectivity index (χ2v) is 6.21. The molecule has 2 heterocycles. The van der Waals surface area contributed by atoms with E-state index in [2.05, 4.69) is 11.1 Å². The van der Waals surface area contributed by atoms with Crippen molar-refractivity contribution in [1.82, 2.24) is 4.98 Å². The Kier molecular flexibility index (Phi) is 5.37. The summed E-state index contributed by atoms with van der Waals surface area (Å²) in [5.41, 5.74) is 1.14. The summed E-state index contributed by atoms with van der Waals surface area (Å²) in [6, 6.07) is 10.9. The predicted octanol–water partition coefficient (Wildman–Crippen LogP) is 3.07. The highest BCUT2D eigenvalue weighted by Gasteiger charge is 2.28. The van der Waals surface area contributed by atoms with Gasteiger partial charge in [0, 0.05) is 30.8 Å². The molecule has 2 aromatic rings. The topological polar surface area (TPSA) is 75.5 Å². The van der Waals surface area contributed by atoms with Gasteiger partial charge in [0.2, 0.25) is 0 Å². The van der Waals surface area contributed by atoms with Crippen molar-refractivity contribution in [3.8, 4) is 17.6 Å². The molecule has 0 aliphatic carbocycles. The Balaban J connectivity index is 1.81. The number of pyridine rings is 1. The first kappa shape index (κ1) is 17.7. The molecule has 0 spiro atoms. The number of ether oxygens (including phenoxy) is 2. The van der Waals surface area contributed by atoms with Crippen LogP contribution in [0.15, 0.2) is 36.5 Å². The van der Waals surface area contributed by atoms with Gasteiger partial charge in [0.25, 0.3) is 0 Å². The van der Waals surface area contributed by atoms with Gasteiger partial charge in [-0.05, 0) is 43.2 Å². The number of Topliss-reactive ketones (excluding diaryl/α,β-unsaturated/α-hetero) is 1. The fourth-order valence-corrected chi connectivity index (χ4v) is 3.34. The number of nitriles is 1. The third-order valence-corrected chi connectivity index (χ3v) is 4.67. The third kappa shape index (κ3) is 3.47. The number of ketones is 1. The average Bonchev–Trinajstić information content (AvgIpc) is 2.72. The van der Waals surface area contributed by atoms with Crippen molar-refractivity contribution in [2.75, 3.05) is 32.2 Å². The van der Waals surface area contributed by atoms with Gasteiger partial charge in [-0.3, -0.25) is 4.79 Å². The van der Waals surface area contributed by atoms with Gasteiger partial charge in [-0.25, -0.2) is 4.98 Å². The van der Waals surface area contributed by atoms with E-state index in [0.717, 1.165) is 19.4 Å². The van der Waals surface area contributed by atoms with Crippen LogP contribution in [0.2, 0.25) is 0 Å². The Hall–Kier alpha value is -3.07. The molecular weight excluding hydrogens is 330 g/mol. The van der Waals surface area contributed by atoms with Crippen LogP contribution in [0.3, 0.4) is 0 Å². The normalized spacial score (nSPS) is 16.7. The highest BCUT2D eigenvalue weighted by Crippen LogP contribution is 2.31. The van der Waals surface area contributed by atoms with E-state index >= 15 is 0 Å². The van der Waals surface area contributed by atoms with Crippen LogP contribution < -0.4 is 14.4 Å². The second kappa shape index (κ2) is 7.87. The summed E-state index contributed by atoms with van der Waals surface area (Å²) in [6.07, 6.45) is 3.37. The highest BCUT2D eigenvalue weighted by atomic mass is 16.5. The molecule has 1 saturated heterocycles. The minimum Gasteiger partial charge on any atom is -0.493 e. The van der Waals surface area contributed by atoms with Crippen molar-refractivity contribution in [1.29, 1.82) is 5.26 Å². The van der Waals surface area contributed by atoms with E-state index in [1.54, 1.807) is 50.7 Å². The molecule has 1 aromatic carbocycles. The zero-order chi connectivity index (χ0) is 18.5. The predicted molar refractivity (Wildman–Crippen MR) is 97.8 cm³/mol. The molecule has 134 valence electrons. The summed E-state index contributed by atoms with van der Waals surface area (Å²) in [7, 11) is 3.12. The van der Waals surface area contributed by atoms with Gasteiger partial charge in [-0.2, -0.15) is 5.26 Å². The Morgan fingerprint density at radius 1 is 1.27 bits per heavy atom. The molecule has 0 N–H and O–H groups in total. The minimum absolute atomic E-state index is 0.0742. The minimum atomic E-state index is -0.143. The van der Waals surface area contributed by atoms with Crippen molar-refractivity contribution < 1.29 is 14.3 Å². The zero-order valence-electron chi connectivity index (χ0n) is 14.9. The van der Waals surface area contributed by atoms with Gasteiger partial charge in [0.05, 0.1) is 19.8 Å². The molecule has 0 radical (unpaired) electrons. The molecule has 1 atom stereocenters. The molecular formula is C20H21N3O3. The van der Waals surface area contributed by atoms with E-state index < -0.39 is 0 Å². The first-order valence-corrected chi connectivity index (χ1v) is 8.54. The average molecular weight is 351 g/mol. The van der Waals surface area contributed by atoms with Gasteiger partial charge in [0.15, 0.2) is 17.3 Å². The van der Waals surface area contributed by atoms with Crippen LogP contribution in [0.4, 0.5) is 5.82 Å². The van der Waals surface area contributed by atoms with Crippen molar-refractivity contribution >= 4 is 11.6 Å². The molecule has 6 heteroatoms. The summed E-state index contributed by atoms with van der Waals surface area (Å²) in [4.78, 5) is 19.4. The van der Waals surface area contributed by atoms with E-state index in [4.69, 9.17) is 9.47 Å². The van der Waals surface area contributed by atoms with Crippen LogP contribution in [-0.2, 0) is 0 Å². The smallest absolute Gasteiger partial charge is 0.167 e. The van der Waals surface area contributed by atoms with E-state index in [0.29, 0.717) is 35.0 Å². The molecule has 3 rings (SSSR count). The fourth-order valence-electron chi connectivity index (χ4n) is 3.34. The van der Waals surface area contributed by atoms with Crippen LogP contribution in [-0.4, -0.2) is 38.1 Å². The molecule has 1 fully saturated rings. The Morgan fingerprint density at radius 3 is 2.81 bits per heavy atom. The van der Waals surface area contributed by atoms with Crippen LogP contribution in [0.5, 0.6) is 11.5 Å². The van der Waals surface area contributed by atoms with Gasteiger partial charge in [-0.15, -0.1) is 0 Å². The Bertz CT molecular complexity index is 844. The number of aromatic nitrogens is 1. The molecule has 26 heavy (non-hydrogen) atoms. The molecule has 6 nitrogen and oxygen atoms in total. The van der Waals surface area contributed by atoms with Crippen molar-refractivity contribution in [3.63, 3.8) is 0 Å². The summed E-state index contributed by atoms with van der Waals surface area (Å²) < 4.78 is 10.5. The molecule has 0 amide bonds. The van der Waals surface area contributed by atoms with E-state index in [9.17, 15) is 10.1 Å². The molecule has 1 aliphatic rings. The zero-order valence-corrected chi connectivity index (χ0v) is 14.9. The quantitative estimate of drug-likeness (QED) is 0.771. The standard InChI is InChI=1S/C20H21N3O3/c1-25-17-8-7-14(11-18(17)26-2)19(24)16-6-4-10-23(13-16)20-15(12-21)5-3-9-22-20/h3,5,7-9,11,16H,4,6,10,13H2,1-2H3. The number of nitrogens with zero attached hydrogens (tertiary/aromatic N) is 3. The number of carbonyl (C=O) groups excluding carboxylic acids is 1. The first-order valence-electron chi connectivity index (χ1n) is 8.54. The maximum absolute atomic E-state index is 13.0. The largest absolute Gasteiger partial charge is 0.493 e. The summed E-state index contributed by atoms with van der Waals surface area (Å²) in [5, 5.41) is 9.30. The first-order chi connectivity index (χ1) is 12.7. The second-order valence-electron chi connectivity index (χ2n) is 6.21. The number of hydrogen-bond donors (Lipinski definition) is 0. The third-order valence-electron chi connectivity index (χ3n) is 4.67. The molecule has 0 bridgehead atoms. The number of benzene rings is 1. The lowest BCUT2D eigenvalue weighted by molar-refractivity contribution is 0.0906. The molecule has 0 saturated carbocycles. The number of carbonyl (C=O) groups is 1. The molecule has 1 unspecified atom stereocenters. The van der Waals surface area contributed by atoms with E-state index in [1.165, 1.54) is 0 Å². The lowest BCUT2D eigenvalue weighted by Gasteiger charge is -2.33. The summed E-state index contributed by atoms with van der Waals surface area (Å²) in [5.74, 6) is 1.73. The number of anilines is 1. The lowest BCUT2D eigenvalue weighted by atomic mass is 9.89. The number of rotatable bonds is 5. The van der Waals surface area contributed by atoms with Crippen molar-refractivity contribution in [3.05, 3.63) is 47.7 Å². The Labute approximate surface area is 153 Å². The molecule has 1 aliphatic heterocycles. The fraction of sp³-hybridized carbons (Fsp3) is 0.350. The summed E-state index contributed by atoms with van der Waals surface area (Å²) >= 11 is 0. The number of hydrogen-bond acceptors (Lipinski definition) is 6. The van der Waals surface area contributed by atoms with Crippen LogP contribution in [0.1, 0.15) is 28.8 Å². The lowest BCUT2D eigenvalue weighted by Crippen LogP contribution is -2.39. The van der Waals surface area contributed by atoms with E-state index in [-0.39, 0.29) is 11.7 Å². The summed E-state index contributed by atoms with van der Waals surface area (Å²) in [6.45, 7) is 1.35. The number of piperidine rings is 1. The van der Waals surface area contributed by atoms with Gasteiger partial charge in [0.1, 0.15) is 11.9 Å². The van der Waals surface area contributed by atoms with Crippen LogP contribution in [0, 0.1) is 17.2 Å². The van der Waals surface area contributed by atoms with Crippen LogP contribution >= 0.6 is 0 Å². The maximum atomic E-state index is 13.0. The van der Waals surface area contributed by atoms with Gasteiger partial charge in [-0.1, -0.05) is 0 Å². The SMILES string of the molecule is COc1ccc(C(=O)C2CCCN(c3ncccc3C#N)C2)cc1OC. The van der Waals surface area contributed by atoms with Gasteiger partial charge >= 0.3 is 0 Å².